The Balaban J connectivity index is 1.71. The van der Waals surface area contributed by atoms with Gasteiger partial charge >= 0.3 is 0 Å². The van der Waals surface area contributed by atoms with Gasteiger partial charge in [-0.2, -0.15) is 0 Å². The highest BCUT2D eigenvalue weighted by Crippen LogP contribution is 2.29. The molecule has 1 aliphatic rings. The van der Waals surface area contributed by atoms with Gasteiger partial charge in [0, 0.05) is 24.3 Å². The summed E-state index contributed by atoms with van der Waals surface area (Å²) < 4.78 is 5.15. The molecule has 0 bridgehead atoms. The van der Waals surface area contributed by atoms with E-state index in [4.69, 9.17) is 4.74 Å². The Hall–Kier alpha value is -2.82. The Morgan fingerprint density at radius 1 is 1.15 bits per heavy atom. The molecule has 2 aromatic carbocycles. The van der Waals surface area contributed by atoms with Crippen LogP contribution in [0, 0.1) is 5.92 Å². The van der Waals surface area contributed by atoms with Gasteiger partial charge in [0.2, 0.25) is 11.8 Å². The molecular formula is C21H24N2O3. The van der Waals surface area contributed by atoms with Gasteiger partial charge in [-0.3, -0.25) is 9.59 Å². The molecule has 26 heavy (non-hydrogen) atoms. The van der Waals surface area contributed by atoms with Crippen LogP contribution in [0.2, 0.25) is 0 Å². The maximum Gasteiger partial charge on any atom is 0.229 e. The molecule has 3 rings (SSSR count). The van der Waals surface area contributed by atoms with Crippen molar-refractivity contribution in [2.75, 3.05) is 23.9 Å². The number of para-hydroxylation sites is 1. The second-order valence-electron chi connectivity index (χ2n) is 6.83. The highest BCUT2D eigenvalue weighted by Gasteiger charge is 2.35. The Bertz CT molecular complexity index is 799. The Morgan fingerprint density at radius 2 is 1.85 bits per heavy atom. The van der Waals surface area contributed by atoms with Gasteiger partial charge in [0.1, 0.15) is 5.75 Å². The first-order valence-corrected chi connectivity index (χ1v) is 8.83. The van der Waals surface area contributed by atoms with Gasteiger partial charge in [0.05, 0.1) is 13.0 Å². The lowest BCUT2D eigenvalue weighted by molar-refractivity contribution is -0.122. The zero-order valence-corrected chi connectivity index (χ0v) is 15.4. The molecule has 1 saturated heterocycles. The summed E-state index contributed by atoms with van der Waals surface area (Å²) in [6.07, 6.45) is 0.224. The number of rotatable bonds is 5. The zero-order valence-electron chi connectivity index (χ0n) is 15.4. The van der Waals surface area contributed by atoms with E-state index in [9.17, 15) is 9.59 Å². The summed E-state index contributed by atoms with van der Waals surface area (Å²) in [6, 6.07) is 15.1. The molecule has 5 heteroatoms. The highest BCUT2D eigenvalue weighted by molar-refractivity contribution is 6.03. The fourth-order valence-corrected chi connectivity index (χ4v) is 3.24. The topological polar surface area (TPSA) is 58.6 Å². The third-order valence-electron chi connectivity index (χ3n) is 4.72. The molecule has 5 nitrogen and oxygen atoms in total. The van der Waals surface area contributed by atoms with E-state index >= 15 is 0 Å². The van der Waals surface area contributed by atoms with Gasteiger partial charge in [0.15, 0.2) is 0 Å². The lowest BCUT2D eigenvalue weighted by Gasteiger charge is -2.18. The highest BCUT2D eigenvalue weighted by atomic mass is 16.5. The number of nitrogens with one attached hydrogen (secondary N) is 1. The quantitative estimate of drug-likeness (QED) is 0.890. The van der Waals surface area contributed by atoms with Crippen LogP contribution in [0.15, 0.2) is 48.5 Å². The van der Waals surface area contributed by atoms with Gasteiger partial charge < -0.3 is 15.0 Å². The summed E-state index contributed by atoms with van der Waals surface area (Å²) in [7, 11) is 1.60. The van der Waals surface area contributed by atoms with Crippen molar-refractivity contribution >= 4 is 23.2 Å². The SMILES string of the molecule is COc1ccc(N2CC(C(=O)Nc3ccccc3C(C)C)CC2=O)cc1. The van der Waals surface area contributed by atoms with E-state index in [0.29, 0.717) is 12.5 Å². The van der Waals surface area contributed by atoms with Gasteiger partial charge in [-0.25, -0.2) is 0 Å². The molecule has 136 valence electrons. The molecule has 0 saturated carbocycles. The Kier molecular flexibility index (Phi) is 5.26. The largest absolute Gasteiger partial charge is 0.497 e. The number of carbonyl (C=O) groups excluding carboxylic acids is 2. The van der Waals surface area contributed by atoms with Gasteiger partial charge in [0.25, 0.3) is 0 Å². The van der Waals surface area contributed by atoms with E-state index in [1.54, 1.807) is 12.0 Å². The van der Waals surface area contributed by atoms with Crippen molar-refractivity contribution < 1.29 is 14.3 Å². The fourth-order valence-electron chi connectivity index (χ4n) is 3.24. The zero-order chi connectivity index (χ0) is 18.7. The number of carbonyl (C=O) groups is 2. The monoisotopic (exact) mass is 352 g/mol. The number of nitrogens with zero attached hydrogens (tertiary/aromatic N) is 1. The van der Waals surface area contributed by atoms with Crippen LogP contribution in [0.25, 0.3) is 0 Å². The minimum Gasteiger partial charge on any atom is -0.497 e. The van der Waals surface area contributed by atoms with Gasteiger partial charge in [-0.15, -0.1) is 0 Å². The summed E-state index contributed by atoms with van der Waals surface area (Å²) in [5.74, 6) is 0.548. The molecule has 0 aromatic heterocycles. The summed E-state index contributed by atoms with van der Waals surface area (Å²) in [5, 5.41) is 3.01. The van der Waals surface area contributed by atoms with Crippen molar-refractivity contribution in [2.45, 2.75) is 26.2 Å². The number of amides is 2. The van der Waals surface area contributed by atoms with Crippen molar-refractivity contribution in [1.82, 2.24) is 0 Å². The van der Waals surface area contributed by atoms with Crippen LogP contribution in [-0.4, -0.2) is 25.5 Å². The van der Waals surface area contributed by atoms with E-state index in [0.717, 1.165) is 22.7 Å². The Morgan fingerprint density at radius 3 is 2.50 bits per heavy atom. The van der Waals surface area contributed by atoms with Crippen molar-refractivity contribution in [3.05, 3.63) is 54.1 Å². The van der Waals surface area contributed by atoms with Crippen LogP contribution >= 0.6 is 0 Å². The maximum atomic E-state index is 12.7. The van der Waals surface area contributed by atoms with E-state index in [2.05, 4.69) is 19.2 Å². The van der Waals surface area contributed by atoms with E-state index in [1.165, 1.54) is 0 Å². The van der Waals surface area contributed by atoms with Crippen LogP contribution in [0.3, 0.4) is 0 Å². The number of hydrogen-bond donors (Lipinski definition) is 1. The first-order chi connectivity index (χ1) is 12.5. The fraction of sp³-hybridized carbons (Fsp3) is 0.333. The average Bonchev–Trinajstić information content (AvgIpc) is 3.04. The third-order valence-corrected chi connectivity index (χ3v) is 4.72. The normalized spacial score (nSPS) is 16.8. The molecule has 1 fully saturated rings. The molecule has 2 aromatic rings. The summed E-state index contributed by atoms with van der Waals surface area (Å²) in [4.78, 5) is 26.8. The molecule has 0 spiro atoms. The standard InChI is InChI=1S/C21H24N2O3/c1-14(2)18-6-4-5-7-19(18)22-21(25)15-12-20(24)23(13-15)16-8-10-17(26-3)11-9-16/h4-11,14-15H,12-13H2,1-3H3,(H,22,25). The molecular weight excluding hydrogens is 328 g/mol. The number of methoxy groups -OCH3 is 1. The summed E-state index contributed by atoms with van der Waals surface area (Å²) in [5.41, 5.74) is 2.70. The molecule has 1 unspecified atom stereocenters. The number of ether oxygens (including phenoxy) is 1. The predicted octanol–water partition coefficient (Wildman–Crippen LogP) is 3.81. The van der Waals surface area contributed by atoms with Crippen molar-refractivity contribution in [3.8, 4) is 5.75 Å². The van der Waals surface area contributed by atoms with Crippen molar-refractivity contribution in [3.63, 3.8) is 0 Å². The Labute approximate surface area is 154 Å². The maximum absolute atomic E-state index is 12.7. The van der Waals surface area contributed by atoms with Crippen molar-refractivity contribution in [1.29, 1.82) is 0 Å². The second-order valence-corrected chi connectivity index (χ2v) is 6.83. The molecule has 1 heterocycles. The van der Waals surface area contributed by atoms with Crippen LogP contribution in [0.1, 0.15) is 31.7 Å². The molecule has 0 aliphatic carbocycles. The van der Waals surface area contributed by atoms with E-state index in [1.807, 2.05) is 48.5 Å². The van der Waals surface area contributed by atoms with Gasteiger partial charge in [-0.1, -0.05) is 32.0 Å². The van der Waals surface area contributed by atoms with Crippen LogP contribution in [0.5, 0.6) is 5.75 Å². The van der Waals surface area contributed by atoms with E-state index < -0.39 is 0 Å². The van der Waals surface area contributed by atoms with Crippen LogP contribution < -0.4 is 15.0 Å². The minimum atomic E-state index is -0.357. The smallest absolute Gasteiger partial charge is 0.229 e. The molecule has 1 atom stereocenters. The second kappa shape index (κ2) is 7.60. The summed E-state index contributed by atoms with van der Waals surface area (Å²) >= 11 is 0. The van der Waals surface area contributed by atoms with E-state index in [-0.39, 0.29) is 24.2 Å². The number of hydrogen-bond acceptors (Lipinski definition) is 3. The lowest BCUT2D eigenvalue weighted by atomic mass is 10.0. The molecule has 1 aliphatic heterocycles. The minimum absolute atomic E-state index is 0.0348. The van der Waals surface area contributed by atoms with Crippen LogP contribution in [0.4, 0.5) is 11.4 Å². The number of benzene rings is 2. The van der Waals surface area contributed by atoms with Crippen molar-refractivity contribution in [2.24, 2.45) is 5.92 Å². The third kappa shape index (κ3) is 3.72. The van der Waals surface area contributed by atoms with Crippen LogP contribution in [-0.2, 0) is 9.59 Å². The molecule has 0 radical (unpaired) electrons. The summed E-state index contributed by atoms with van der Waals surface area (Å²) in [6.45, 7) is 4.58. The first kappa shape index (κ1) is 18.0. The molecule has 1 N–H and O–H groups in total. The number of anilines is 2. The average molecular weight is 352 g/mol. The molecule has 2 amide bonds. The lowest BCUT2D eigenvalue weighted by Crippen LogP contribution is -2.28. The first-order valence-electron chi connectivity index (χ1n) is 8.83. The predicted molar refractivity (Wildman–Crippen MR) is 103 cm³/mol. The van der Waals surface area contributed by atoms with Gasteiger partial charge in [-0.05, 0) is 41.8 Å².